The van der Waals surface area contributed by atoms with Gasteiger partial charge >= 0.3 is 0 Å². The topological polar surface area (TPSA) is 366 Å². The van der Waals surface area contributed by atoms with Crippen molar-refractivity contribution in [2.24, 2.45) is 0 Å². The number of aliphatic hydroxyl groups is 14. The fraction of sp³-hybridized carbons (Fsp3) is 1.00. The van der Waals surface area contributed by atoms with Gasteiger partial charge in [0.15, 0.2) is 31.5 Å². The Morgan fingerprint density at radius 3 is 1.51 bits per heavy atom. The molecule has 0 saturated carbocycles. The van der Waals surface area contributed by atoms with Crippen LogP contribution >= 0.6 is 0 Å². The molecule has 5 aliphatic rings. The van der Waals surface area contributed by atoms with E-state index in [-0.39, 0.29) is 6.42 Å². The fourth-order valence-corrected chi connectivity index (χ4v) is 6.85. The van der Waals surface area contributed by atoms with Crippen molar-refractivity contribution in [2.75, 3.05) is 19.8 Å². The van der Waals surface area contributed by atoms with Gasteiger partial charge in [-0.2, -0.15) is 0 Å². The second-order valence-electron chi connectivity index (χ2n) is 13.8. The maximum absolute atomic E-state index is 11.3. The van der Waals surface area contributed by atoms with Gasteiger partial charge in [0.25, 0.3) is 0 Å². The molecule has 23 nitrogen and oxygen atoms in total. The Balaban J connectivity index is 1.40. The van der Waals surface area contributed by atoms with E-state index in [4.69, 9.17) is 42.6 Å². The zero-order valence-corrected chi connectivity index (χ0v) is 28.6. The van der Waals surface area contributed by atoms with Crippen LogP contribution in [0.25, 0.3) is 0 Å². The van der Waals surface area contributed by atoms with Gasteiger partial charge in [-0.25, -0.2) is 0 Å². The molecule has 0 aromatic carbocycles. The zero-order valence-electron chi connectivity index (χ0n) is 28.6. The van der Waals surface area contributed by atoms with E-state index in [2.05, 4.69) is 0 Å². The monoisotopic (exact) mass is 780 g/mol. The average Bonchev–Trinajstić information content (AvgIpc) is 3.12. The van der Waals surface area contributed by atoms with Gasteiger partial charge in [0.1, 0.15) is 97.7 Å². The lowest BCUT2D eigenvalue weighted by Gasteiger charge is -2.50. The first-order valence-electron chi connectivity index (χ1n) is 17.2. The predicted octanol–water partition coefficient (Wildman–Crippen LogP) is -8.84. The molecule has 5 fully saturated rings. The molecule has 0 aromatic heterocycles. The molecule has 23 heteroatoms. The molecule has 53 heavy (non-hydrogen) atoms. The summed E-state index contributed by atoms with van der Waals surface area (Å²) in [4.78, 5) is 0. The van der Waals surface area contributed by atoms with Crippen molar-refractivity contribution in [3.8, 4) is 0 Å². The first-order chi connectivity index (χ1) is 25.0. The molecule has 0 aliphatic carbocycles. The molecule has 0 radical (unpaired) electrons. The third-order valence-electron chi connectivity index (χ3n) is 10.1. The van der Waals surface area contributed by atoms with Crippen molar-refractivity contribution in [3.63, 3.8) is 0 Å². The van der Waals surface area contributed by atoms with E-state index in [1.54, 1.807) is 0 Å². The van der Waals surface area contributed by atoms with Gasteiger partial charge in [-0.1, -0.05) is 0 Å². The molecular weight excluding hydrogens is 728 g/mol. The largest absolute Gasteiger partial charge is 0.394 e. The third-order valence-corrected chi connectivity index (χ3v) is 10.1. The lowest BCUT2D eigenvalue weighted by atomic mass is 9.95. The molecule has 0 spiro atoms. The molecule has 0 aromatic rings. The van der Waals surface area contributed by atoms with Gasteiger partial charge in [-0.3, -0.25) is 0 Å². The summed E-state index contributed by atoms with van der Waals surface area (Å²) in [6.07, 6.45) is -40.0. The van der Waals surface area contributed by atoms with Crippen LogP contribution in [0.15, 0.2) is 0 Å². The maximum Gasteiger partial charge on any atom is 0.187 e. The summed E-state index contributed by atoms with van der Waals surface area (Å²) >= 11 is 0. The molecule has 0 amide bonds. The summed E-state index contributed by atoms with van der Waals surface area (Å²) in [5.41, 5.74) is 0. The smallest absolute Gasteiger partial charge is 0.187 e. The van der Waals surface area contributed by atoms with Gasteiger partial charge in [0, 0.05) is 6.42 Å². The van der Waals surface area contributed by atoms with Crippen molar-refractivity contribution in [1.82, 2.24) is 0 Å². The van der Waals surface area contributed by atoms with E-state index in [0.717, 1.165) is 0 Å². The quantitative estimate of drug-likeness (QED) is 0.0925. The molecule has 1 unspecified atom stereocenters. The molecule has 14 N–H and O–H groups in total. The van der Waals surface area contributed by atoms with E-state index >= 15 is 0 Å². The third kappa shape index (κ3) is 8.98. The van der Waals surface area contributed by atoms with E-state index in [9.17, 15) is 71.5 Å². The van der Waals surface area contributed by atoms with Crippen LogP contribution in [0.4, 0.5) is 0 Å². The van der Waals surface area contributed by atoms with Crippen LogP contribution in [0.1, 0.15) is 20.3 Å². The Morgan fingerprint density at radius 2 is 0.868 bits per heavy atom. The second kappa shape index (κ2) is 18.1. The highest BCUT2D eigenvalue weighted by molar-refractivity contribution is 4.98. The van der Waals surface area contributed by atoms with Crippen LogP contribution in [0, 0.1) is 0 Å². The minimum atomic E-state index is -2.00. The number of rotatable bonds is 11. The Kier molecular flexibility index (Phi) is 14.8. The highest BCUT2D eigenvalue weighted by atomic mass is 16.8. The van der Waals surface area contributed by atoms with Crippen molar-refractivity contribution in [3.05, 3.63) is 0 Å². The van der Waals surface area contributed by atoms with Crippen molar-refractivity contribution < 1.29 is 114 Å². The summed E-state index contributed by atoms with van der Waals surface area (Å²) in [6, 6.07) is 0. The SMILES string of the molecule is C[C@@H]1O[C@@H](O[C@H]2[C@@H](O)[C@@H](CO)OC(O)[C@@H]2O)[C@H](O)[C@H](O)[C@H]1O[C@H]1O[C@H](CO)[C@@H](O)[C@H](O[C@H]2O[C@H](C)[C@@H](O)C[C@@H]2O)[C@@H]1O[C@H]1O[C@H](CO)[C@H](O)[C@H](O)[C@H]1O. The number of hydrogen-bond acceptors (Lipinski definition) is 23. The Hall–Kier alpha value is -0.920. The normalized spacial score (nSPS) is 54.1. The Labute approximate surface area is 301 Å². The zero-order chi connectivity index (χ0) is 39.0. The van der Waals surface area contributed by atoms with Crippen LogP contribution in [-0.4, -0.2) is 239 Å². The van der Waals surface area contributed by atoms with Crippen LogP contribution < -0.4 is 0 Å². The van der Waals surface area contributed by atoms with Crippen LogP contribution in [0.3, 0.4) is 0 Å². The summed E-state index contributed by atoms with van der Waals surface area (Å²) in [5, 5.41) is 146. The molecule has 5 rings (SSSR count). The molecule has 0 bridgehead atoms. The highest BCUT2D eigenvalue weighted by Gasteiger charge is 2.56. The molecule has 5 heterocycles. The van der Waals surface area contributed by atoms with E-state index in [1.807, 2.05) is 0 Å². The first kappa shape index (κ1) is 43.2. The van der Waals surface area contributed by atoms with Crippen LogP contribution in [0.2, 0.25) is 0 Å². The number of hydrogen-bond donors (Lipinski definition) is 14. The first-order valence-corrected chi connectivity index (χ1v) is 17.2. The number of aliphatic hydroxyl groups excluding tert-OH is 14. The summed E-state index contributed by atoms with van der Waals surface area (Å²) in [6.45, 7) is 0.352. The van der Waals surface area contributed by atoms with Gasteiger partial charge in [-0.15, -0.1) is 0 Å². The van der Waals surface area contributed by atoms with Crippen molar-refractivity contribution >= 4 is 0 Å². The minimum absolute atomic E-state index is 0.210. The predicted molar refractivity (Wildman–Crippen MR) is 162 cm³/mol. The number of ether oxygens (including phenoxy) is 9. The maximum atomic E-state index is 11.3. The standard InChI is InChI=1S/C30H52O23/c1-7-9(34)3-10(35)27(45-7)52-24-16(38)13(6-33)49-30(25(24)53-29-19(41)17(39)14(36)11(4-31)48-29)50-22-8(2)46-28(20(42)18(22)40)51-23-15(37)12(5-32)47-26(44)21(23)43/h7-44H,3-6H2,1-2H3/t7-,8+,9+,10+,11-,12-,13-,14+,15+,16-,17+,18+,19-,20-,21-,22+,23+,24+,25+,26?,27-,28+,29-,30-/m1/s1. The summed E-state index contributed by atoms with van der Waals surface area (Å²) in [5.74, 6) is 0. The van der Waals surface area contributed by atoms with Crippen molar-refractivity contribution in [1.29, 1.82) is 0 Å². The lowest BCUT2D eigenvalue weighted by molar-refractivity contribution is -0.405. The minimum Gasteiger partial charge on any atom is -0.394 e. The van der Waals surface area contributed by atoms with Gasteiger partial charge in [-0.05, 0) is 13.8 Å². The van der Waals surface area contributed by atoms with Gasteiger partial charge < -0.3 is 114 Å². The second-order valence-corrected chi connectivity index (χ2v) is 13.8. The van der Waals surface area contributed by atoms with E-state index < -0.39 is 167 Å². The highest BCUT2D eigenvalue weighted by Crippen LogP contribution is 2.36. The summed E-state index contributed by atoms with van der Waals surface area (Å²) < 4.78 is 51.0. The lowest BCUT2D eigenvalue weighted by Crippen LogP contribution is -2.68. The van der Waals surface area contributed by atoms with E-state index in [1.165, 1.54) is 13.8 Å². The molecule has 5 saturated heterocycles. The van der Waals surface area contributed by atoms with Gasteiger partial charge in [0.05, 0.1) is 38.1 Å². The van der Waals surface area contributed by atoms with Gasteiger partial charge in [0.2, 0.25) is 0 Å². The van der Waals surface area contributed by atoms with Crippen LogP contribution in [0.5, 0.6) is 0 Å². The molecule has 24 atom stereocenters. The Morgan fingerprint density at radius 1 is 0.396 bits per heavy atom. The van der Waals surface area contributed by atoms with E-state index in [0.29, 0.717) is 0 Å². The molecular formula is C30H52O23. The molecule has 5 aliphatic heterocycles. The van der Waals surface area contributed by atoms with Crippen LogP contribution in [-0.2, 0) is 42.6 Å². The summed E-state index contributed by atoms with van der Waals surface area (Å²) in [7, 11) is 0. The average molecular weight is 781 g/mol. The Bertz CT molecular complexity index is 1140. The van der Waals surface area contributed by atoms with Crippen molar-refractivity contribution in [2.45, 2.75) is 168 Å². The fourth-order valence-electron chi connectivity index (χ4n) is 6.85. The molecule has 310 valence electrons.